The molecule has 0 unspecified atom stereocenters. The number of hydrogen-bond acceptors (Lipinski definition) is 2. The van der Waals surface area contributed by atoms with E-state index in [0.29, 0.717) is 0 Å². The summed E-state index contributed by atoms with van der Waals surface area (Å²) in [7, 11) is 2.20. The van der Waals surface area contributed by atoms with E-state index in [4.69, 9.17) is 12.2 Å². The van der Waals surface area contributed by atoms with E-state index in [2.05, 4.69) is 42.3 Å². The Bertz CT molecular complexity index is 293. The number of benzene rings is 1. The molecule has 2 rings (SSSR count). The summed E-state index contributed by atoms with van der Waals surface area (Å²) >= 11 is 4.99. The van der Waals surface area contributed by atoms with Crippen LogP contribution in [-0.4, -0.2) is 37.4 Å². The number of hydrogen-bond donors (Lipinski definition) is 1. The van der Waals surface area contributed by atoms with Crippen molar-refractivity contribution in [3.8, 4) is 0 Å². The summed E-state index contributed by atoms with van der Waals surface area (Å²) in [4.78, 5) is 2.41. The van der Waals surface area contributed by atoms with Crippen LogP contribution in [0.4, 0.5) is 0 Å². The van der Waals surface area contributed by atoms with E-state index < -0.39 is 6.46 Å². The SMILES string of the molecule is CN1CC[PH](S)(c2ccccc2)CC1. The van der Waals surface area contributed by atoms with Crippen LogP contribution in [0.15, 0.2) is 30.3 Å². The van der Waals surface area contributed by atoms with Gasteiger partial charge in [0.25, 0.3) is 0 Å². The average Bonchev–Trinajstić information content (AvgIpc) is 2.24. The van der Waals surface area contributed by atoms with Crippen LogP contribution in [0.25, 0.3) is 0 Å². The molecule has 0 spiro atoms. The van der Waals surface area contributed by atoms with Crippen LogP contribution in [0, 0.1) is 0 Å². The van der Waals surface area contributed by atoms with Crippen LogP contribution < -0.4 is 5.30 Å². The van der Waals surface area contributed by atoms with Gasteiger partial charge in [0, 0.05) is 0 Å². The molecule has 78 valence electrons. The fourth-order valence-electron chi connectivity index (χ4n) is 2.03. The van der Waals surface area contributed by atoms with Crippen LogP contribution in [0.3, 0.4) is 0 Å². The first kappa shape index (κ1) is 10.5. The van der Waals surface area contributed by atoms with Crippen molar-refractivity contribution in [1.29, 1.82) is 0 Å². The first-order chi connectivity index (χ1) is 6.71. The summed E-state index contributed by atoms with van der Waals surface area (Å²) < 4.78 is 0. The molecule has 1 saturated heterocycles. The van der Waals surface area contributed by atoms with Crippen molar-refractivity contribution >= 4 is 24.0 Å². The minimum absolute atomic E-state index is 1.21. The van der Waals surface area contributed by atoms with Crippen molar-refractivity contribution in [2.24, 2.45) is 0 Å². The Morgan fingerprint density at radius 2 is 1.71 bits per heavy atom. The molecule has 0 N–H and O–H groups in total. The second-order valence-electron chi connectivity index (χ2n) is 4.20. The van der Waals surface area contributed by atoms with Gasteiger partial charge >= 0.3 is 91.7 Å². The van der Waals surface area contributed by atoms with Crippen LogP contribution in [0.5, 0.6) is 0 Å². The summed E-state index contributed by atoms with van der Waals surface area (Å²) in [6, 6.07) is 10.9. The van der Waals surface area contributed by atoms with Gasteiger partial charge in [0.2, 0.25) is 0 Å². The molecule has 0 aliphatic carbocycles. The second-order valence-corrected chi connectivity index (χ2v) is 10.4. The first-order valence-corrected chi connectivity index (χ1v) is 8.87. The monoisotopic (exact) mass is 227 g/mol. The molecule has 1 fully saturated rings. The van der Waals surface area contributed by atoms with E-state index in [1.165, 1.54) is 30.7 Å². The number of rotatable bonds is 1. The predicted molar refractivity (Wildman–Crippen MR) is 70.6 cm³/mol. The maximum atomic E-state index is 4.99. The maximum absolute atomic E-state index is 4.99. The Morgan fingerprint density at radius 1 is 1.14 bits per heavy atom. The van der Waals surface area contributed by atoms with E-state index in [-0.39, 0.29) is 0 Å². The summed E-state index contributed by atoms with van der Waals surface area (Å²) in [6.07, 6.45) is 2.58. The normalized spacial score (nSPS) is 24.4. The van der Waals surface area contributed by atoms with Gasteiger partial charge in [-0.05, 0) is 0 Å². The zero-order valence-corrected chi connectivity index (χ0v) is 10.5. The van der Waals surface area contributed by atoms with Gasteiger partial charge in [0.1, 0.15) is 0 Å². The first-order valence-electron chi connectivity index (χ1n) is 5.17. The topological polar surface area (TPSA) is 3.24 Å². The van der Waals surface area contributed by atoms with Crippen molar-refractivity contribution in [1.82, 2.24) is 4.90 Å². The molecule has 0 radical (unpaired) electrons. The molecule has 0 amide bonds. The van der Waals surface area contributed by atoms with Gasteiger partial charge < -0.3 is 0 Å². The van der Waals surface area contributed by atoms with Gasteiger partial charge in [-0.25, -0.2) is 0 Å². The van der Waals surface area contributed by atoms with Crippen molar-refractivity contribution in [2.75, 3.05) is 32.5 Å². The Hall–Kier alpha value is -0.0400. The molecule has 1 aliphatic heterocycles. The van der Waals surface area contributed by atoms with Crippen LogP contribution >= 0.6 is 18.7 Å². The molecular weight excluding hydrogens is 209 g/mol. The molecule has 0 atom stereocenters. The number of nitrogens with zero attached hydrogens (tertiary/aromatic N) is 1. The third-order valence-electron chi connectivity index (χ3n) is 3.13. The Balaban J connectivity index is 2.17. The zero-order chi connectivity index (χ0) is 10.0. The molecule has 0 aromatic heterocycles. The van der Waals surface area contributed by atoms with E-state index in [0.717, 1.165) is 0 Å². The van der Waals surface area contributed by atoms with Gasteiger partial charge in [-0.3, -0.25) is 0 Å². The summed E-state index contributed by atoms with van der Waals surface area (Å²) in [5.41, 5.74) is 0. The van der Waals surface area contributed by atoms with E-state index in [1.807, 2.05) is 0 Å². The Kier molecular flexibility index (Phi) is 3.16. The molecule has 14 heavy (non-hydrogen) atoms. The quantitative estimate of drug-likeness (QED) is 0.566. The van der Waals surface area contributed by atoms with E-state index >= 15 is 0 Å². The van der Waals surface area contributed by atoms with E-state index in [9.17, 15) is 0 Å². The summed E-state index contributed by atoms with van der Waals surface area (Å²) in [5, 5.41) is 1.51. The van der Waals surface area contributed by atoms with Crippen LogP contribution in [-0.2, 0) is 0 Å². The molecule has 0 saturated carbocycles. The van der Waals surface area contributed by atoms with Crippen LogP contribution in [0.2, 0.25) is 0 Å². The average molecular weight is 227 g/mol. The molecule has 1 nitrogen and oxygen atoms in total. The number of thiol groups is 1. The van der Waals surface area contributed by atoms with Crippen molar-refractivity contribution in [3.63, 3.8) is 0 Å². The molecule has 1 aromatic rings. The summed E-state index contributed by atoms with van der Waals surface area (Å²) in [6.45, 7) is 1.02. The van der Waals surface area contributed by atoms with Gasteiger partial charge in [0.05, 0.1) is 0 Å². The molecule has 1 aromatic carbocycles. The molecule has 1 aliphatic rings. The zero-order valence-electron chi connectivity index (χ0n) is 8.61. The standard InChI is InChI=1S/C11H18NPS/c1-12-7-9-13(14,10-8-12)11-5-3-2-4-6-11/h2-6,13-14H,7-10H2,1H3. The summed E-state index contributed by atoms with van der Waals surface area (Å²) in [5.74, 6) is 0. The predicted octanol–water partition coefficient (Wildman–Crippen LogP) is 1.85. The van der Waals surface area contributed by atoms with Gasteiger partial charge in [0.15, 0.2) is 0 Å². The van der Waals surface area contributed by atoms with Crippen molar-refractivity contribution in [3.05, 3.63) is 30.3 Å². The molecule has 3 heteroatoms. The van der Waals surface area contributed by atoms with Crippen molar-refractivity contribution < 1.29 is 0 Å². The minimum atomic E-state index is -1.40. The second kappa shape index (κ2) is 4.22. The van der Waals surface area contributed by atoms with Gasteiger partial charge in [-0.15, -0.1) is 0 Å². The Morgan fingerprint density at radius 3 is 2.29 bits per heavy atom. The molecule has 0 bridgehead atoms. The molecule has 1 heterocycles. The molecular formula is C11H18NPS. The van der Waals surface area contributed by atoms with E-state index in [1.54, 1.807) is 0 Å². The van der Waals surface area contributed by atoms with Gasteiger partial charge in [-0.1, -0.05) is 0 Å². The fraction of sp³-hybridized carbons (Fsp3) is 0.455. The third-order valence-corrected chi connectivity index (χ3v) is 8.75. The van der Waals surface area contributed by atoms with Crippen molar-refractivity contribution in [2.45, 2.75) is 0 Å². The fourth-order valence-corrected chi connectivity index (χ4v) is 6.22. The van der Waals surface area contributed by atoms with Gasteiger partial charge in [-0.2, -0.15) is 0 Å². The third kappa shape index (κ3) is 2.13. The van der Waals surface area contributed by atoms with Crippen LogP contribution in [0.1, 0.15) is 0 Å². The Labute approximate surface area is 92.0 Å².